The Kier molecular flexibility index (Phi) is 5.16. The average molecular weight is 307 g/mol. The summed E-state index contributed by atoms with van der Waals surface area (Å²) in [6.07, 6.45) is 0. The second-order valence-electron chi connectivity index (χ2n) is 3.75. The summed E-state index contributed by atoms with van der Waals surface area (Å²) in [6, 6.07) is 4.13. The fraction of sp³-hybridized carbons (Fsp3) is 0.364. The summed E-state index contributed by atoms with van der Waals surface area (Å²) in [5.41, 5.74) is 5.69. The molecule has 19 heavy (non-hydrogen) atoms. The van der Waals surface area contributed by atoms with Crippen molar-refractivity contribution in [2.45, 2.75) is 11.8 Å². The van der Waals surface area contributed by atoms with Gasteiger partial charge in [0.2, 0.25) is 10.0 Å². The number of esters is 1. The van der Waals surface area contributed by atoms with Gasteiger partial charge in [-0.2, -0.15) is 4.31 Å². The molecule has 0 aromatic heterocycles. The van der Waals surface area contributed by atoms with Gasteiger partial charge in [-0.05, 0) is 25.1 Å². The Morgan fingerprint density at radius 1 is 1.47 bits per heavy atom. The molecule has 0 radical (unpaired) electrons. The number of ether oxygens (including phenoxy) is 1. The van der Waals surface area contributed by atoms with E-state index in [4.69, 9.17) is 22.1 Å². The van der Waals surface area contributed by atoms with Crippen molar-refractivity contribution in [1.82, 2.24) is 4.31 Å². The summed E-state index contributed by atoms with van der Waals surface area (Å²) in [6.45, 7) is 1.44. The standard InChI is InChI=1S/C11H15ClN2O4S/c1-3-18-11(15)7-14(2)19(16,17)10-6-8(12)4-5-9(10)13/h4-6H,3,7,13H2,1-2H3. The Morgan fingerprint density at radius 3 is 2.68 bits per heavy atom. The van der Waals surface area contributed by atoms with Gasteiger partial charge < -0.3 is 10.5 Å². The van der Waals surface area contributed by atoms with E-state index in [2.05, 4.69) is 0 Å². The van der Waals surface area contributed by atoms with E-state index >= 15 is 0 Å². The van der Waals surface area contributed by atoms with Crippen LogP contribution in [0.15, 0.2) is 23.1 Å². The molecule has 1 rings (SSSR count). The largest absolute Gasteiger partial charge is 0.465 e. The number of nitrogens with two attached hydrogens (primary N) is 1. The molecular formula is C11H15ClN2O4S. The third kappa shape index (κ3) is 3.82. The van der Waals surface area contributed by atoms with E-state index in [9.17, 15) is 13.2 Å². The van der Waals surface area contributed by atoms with Gasteiger partial charge in [-0.15, -0.1) is 0 Å². The maximum absolute atomic E-state index is 12.2. The minimum atomic E-state index is -3.88. The number of hydrogen-bond donors (Lipinski definition) is 1. The molecule has 1 aromatic rings. The lowest BCUT2D eigenvalue weighted by molar-refractivity contribution is -0.143. The Morgan fingerprint density at radius 2 is 2.11 bits per heavy atom. The zero-order valence-corrected chi connectivity index (χ0v) is 12.2. The first kappa shape index (κ1) is 15.7. The highest BCUT2D eigenvalue weighted by molar-refractivity contribution is 7.89. The van der Waals surface area contributed by atoms with Crippen molar-refractivity contribution in [2.75, 3.05) is 25.9 Å². The molecule has 6 nitrogen and oxygen atoms in total. The van der Waals surface area contributed by atoms with Gasteiger partial charge in [-0.25, -0.2) is 8.42 Å². The van der Waals surface area contributed by atoms with Crippen LogP contribution in [0.3, 0.4) is 0 Å². The van der Waals surface area contributed by atoms with E-state index in [-0.39, 0.29) is 28.8 Å². The molecule has 0 unspecified atom stereocenters. The van der Waals surface area contributed by atoms with Crippen LogP contribution in [0.5, 0.6) is 0 Å². The highest BCUT2D eigenvalue weighted by atomic mass is 35.5. The average Bonchev–Trinajstić information content (AvgIpc) is 2.32. The van der Waals surface area contributed by atoms with Crippen LogP contribution in [0, 0.1) is 0 Å². The number of rotatable bonds is 5. The van der Waals surface area contributed by atoms with Gasteiger partial charge in [0.15, 0.2) is 0 Å². The lowest BCUT2D eigenvalue weighted by atomic mass is 10.3. The number of carbonyl (C=O) groups is 1. The van der Waals surface area contributed by atoms with Crippen molar-refractivity contribution in [3.63, 3.8) is 0 Å². The van der Waals surface area contributed by atoms with Crippen LogP contribution in [0.4, 0.5) is 5.69 Å². The number of nitrogen functional groups attached to an aromatic ring is 1. The summed E-state index contributed by atoms with van der Waals surface area (Å²) >= 11 is 5.75. The van der Waals surface area contributed by atoms with Crippen molar-refractivity contribution in [2.24, 2.45) is 0 Å². The number of anilines is 1. The molecule has 1 aromatic carbocycles. The monoisotopic (exact) mass is 306 g/mol. The predicted molar refractivity (Wildman–Crippen MR) is 72.3 cm³/mol. The number of likely N-dealkylation sites (N-methyl/N-ethyl adjacent to an activating group) is 1. The summed E-state index contributed by atoms with van der Waals surface area (Å²) in [5.74, 6) is -0.630. The van der Waals surface area contributed by atoms with E-state index in [1.165, 1.54) is 25.2 Å². The molecule has 0 bridgehead atoms. The van der Waals surface area contributed by atoms with Gasteiger partial charge in [-0.3, -0.25) is 4.79 Å². The lowest BCUT2D eigenvalue weighted by Crippen LogP contribution is -2.33. The maximum Gasteiger partial charge on any atom is 0.321 e. The lowest BCUT2D eigenvalue weighted by Gasteiger charge is -2.17. The van der Waals surface area contributed by atoms with Crippen molar-refractivity contribution < 1.29 is 17.9 Å². The number of nitrogens with zero attached hydrogens (tertiary/aromatic N) is 1. The van der Waals surface area contributed by atoms with Gasteiger partial charge in [0.05, 0.1) is 12.3 Å². The Balaban J connectivity index is 3.03. The number of benzene rings is 1. The topological polar surface area (TPSA) is 89.7 Å². The quantitative estimate of drug-likeness (QED) is 0.650. The summed E-state index contributed by atoms with van der Waals surface area (Å²) in [4.78, 5) is 11.2. The fourth-order valence-electron chi connectivity index (χ4n) is 1.37. The second-order valence-corrected chi connectivity index (χ2v) is 6.20. The highest BCUT2D eigenvalue weighted by Crippen LogP contribution is 2.25. The van der Waals surface area contributed by atoms with Crippen molar-refractivity contribution in [3.05, 3.63) is 23.2 Å². The van der Waals surface area contributed by atoms with Gasteiger partial charge in [-0.1, -0.05) is 11.6 Å². The Hall–Kier alpha value is -1.31. The van der Waals surface area contributed by atoms with Crippen LogP contribution in [0.25, 0.3) is 0 Å². The number of carbonyl (C=O) groups excluding carboxylic acids is 1. The number of hydrogen-bond acceptors (Lipinski definition) is 5. The van der Waals surface area contributed by atoms with Crippen LogP contribution in [-0.2, 0) is 19.6 Å². The summed E-state index contributed by atoms with van der Waals surface area (Å²) < 4.78 is 30.0. The molecule has 8 heteroatoms. The number of halogens is 1. The minimum absolute atomic E-state index is 0.0695. The highest BCUT2D eigenvalue weighted by Gasteiger charge is 2.25. The zero-order valence-electron chi connectivity index (χ0n) is 10.6. The number of sulfonamides is 1. The van der Waals surface area contributed by atoms with E-state index < -0.39 is 16.0 Å². The second kappa shape index (κ2) is 6.23. The molecule has 0 aliphatic heterocycles. The fourth-order valence-corrected chi connectivity index (χ4v) is 2.86. The van der Waals surface area contributed by atoms with Crippen LogP contribution >= 0.6 is 11.6 Å². The third-order valence-corrected chi connectivity index (χ3v) is 4.42. The first-order chi connectivity index (χ1) is 8.78. The molecule has 0 saturated heterocycles. The van der Waals surface area contributed by atoms with Crippen LogP contribution < -0.4 is 5.73 Å². The van der Waals surface area contributed by atoms with E-state index in [0.717, 1.165) is 4.31 Å². The molecule has 0 spiro atoms. The first-order valence-electron chi connectivity index (χ1n) is 5.46. The molecule has 0 amide bonds. The molecule has 2 N–H and O–H groups in total. The van der Waals surface area contributed by atoms with Gasteiger partial charge in [0, 0.05) is 12.1 Å². The van der Waals surface area contributed by atoms with Crippen molar-refractivity contribution in [3.8, 4) is 0 Å². The van der Waals surface area contributed by atoms with E-state index in [1.807, 2.05) is 0 Å². The zero-order chi connectivity index (χ0) is 14.6. The molecule has 0 fully saturated rings. The molecule has 0 atom stereocenters. The van der Waals surface area contributed by atoms with Gasteiger partial charge in [0.1, 0.15) is 11.4 Å². The van der Waals surface area contributed by atoms with E-state index in [0.29, 0.717) is 0 Å². The van der Waals surface area contributed by atoms with Gasteiger partial charge >= 0.3 is 5.97 Å². The Bertz CT molecular complexity index is 574. The normalized spacial score (nSPS) is 11.6. The van der Waals surface area contributed by atoms with E-state index in [1.54, 1.807) is 6.92 Å². The molecule has 0 heterocycles. The SMILES string of the molecule is CCOC(=O)CN(C)S(=O)(=O)c1cc(Cl)ccc1N. The molecule has 0 aliphatic carbocycles. The summed E-state index contributed by atoms with van der Waals surface area (Å²) in [5, 5.41) is 0.248. The minimum Gasteiger partial charge on any atom is -0.465 e. The third-order valence-electron chi connectivity index (χ3n) is 2.32. The first-order valence-corrected chi connectivity index (χ1v) is 7.27. The molecule has 106 valence electrons. The van der Waals surface area contributed by atoms with Crippen molar-refractivity contribution >= 4 is 33.3 Å². The van der Waals surface area contributed by atoms with Crippen molar-refractivity contribution in [1.29, 1.82) is 0 Å². The molecule has 0 saturated carbocycles. The van der Waals surface area contributed by atoms with Crippen LogP contribution in [0.2, 0.25) is 5.02 Å². The Labute approximate surface area is 117 Å². The maximum atomic E-state index is 12.2. The predicted octanol–water partition coefficient (Wildman–Crippen LogP) is 1.11. The molecule has 0 aliphatic rings. The van der Waals surface area contributed by atoms with Gasteiger partial charge in [0.25, 0.3) is 0 Å². The van der Waals surface area contributed by atoms with Crippen LogP contribution in [-0.4, -0.2) is 38.9 Å². The summed E-state index contributed by atoms with van der Waals surface area (Å²) in [7, 11) is -2.61. The smallest absolute Gasteiger partial charge is 0.321 e. The molecular weight excluding hydrogens is 292 g/mol. The van der Waals surface area contributed by atoms with Crippen LogP contribution in [0.1, 0.15) is 6.92 Å².